The molecule has 0 N–H and O–H groups in total. The summed E-state index contributed by atoms with van der Waals surface area (Å²) in [5.41, 5.74) is 2.52. The number of ketones is 1. The van der Waals surface area contributed by atoms with E-state index in [0.29, 0.717) is 5.56 Å². The van der Waals surface area contributed by atoms with E-state index >= 15 is 0 Å². The van der Waals surface area contributed by atoms with Crippen LogP contribution in [0.1, 0.15) is 38.3 Å². The third-order valence-electron chi connectivity index (χ3n) is 7.15. The van der Waals surface area contributed by atoms with E-state index in [1.165, 1.54) is 6.07 Å². The minimum Gasteiger partial charge on any atom is -0.292 e. The summed E-state index contributed by atoms with van der Waals surface area (Å²) in [6, 6.07) is 11.7. The van der Waals surface area contributed by atoms with Crippen molar-refractivity contribution in [2.24, 2.45) is 23.7 Å². The van der Waals surface area contributed by atoms with Crippen LogP contribution in [-0.4, -0.2) is 40.1 Å². The van der Waals surface area contributed by atoms with Crippen LogP contribution in [0.25, 0.3) is 0 Å². The summed E-state index contributed by atoms with van der Waals surface area (Å²) >= 11 is 6.26. The molecule has 33 heavy (non-hydrogen) atoms. The first-order valence-corrected chi connectivity index (χ1v) is 11.4. The number of carbonyl (C=O) groups excluding carboxylic acids is 4. The van der Waals surface area contributed by atoms with E-state index in [0.717, 1.165) is 27.6 Å². The van der Waals surface area contributed by atoms with Crippen molar-refractivity contribution >= 4 is 35.1 Å². The molecule has 1 heterocycles. The van der Waals surface area contributed by atoms with Crippen LogP contribution in [0.15, 0.2) is 54.6 Å². The Hall–Kier alpha value is -3.25. The van der Waals surface area contributed by atoms with Crippen molar-refractivity contribution in [1.82, 2.24) is 10.0 Å². The molecule has 6 nitrogen and oxygen atoms in total. The third kappa shape index (κ3) is 3.40. The first-order valence-electron chi connectivity index (χ1n) is 11.0. The molecule has 1 aliphatic heterocycles. The van der Waals surface area contributed by atoms with E-state index in [9.17, 15) is 19.2 Å². The molecule has 168 valence electrons. The summed E-state index contributed by atoms with van der Waals surface area (Å²) in [7, 11) is 0. The maximum absolute atomic E-state index is 13.6. The molecule has 3 aliphatic rings. The van der Waals surface area contributed by atoms with Gasteiger partial charge in [0.2, 0.25) is 0 Å². The molecule has 0 aromatic heterocycles. The third-order valence-corrected chi connectivity index (χ3v) is 7.48. The van der Waals surface area contributed by atoms with Gasteiger partial charge in [0.1, 0.15) is 6.54 Å². The van der Waals surface area contributed by atoms with Gasteiger partial charge in [-0.05, 0) is 61.4 Å². The van der Waals surface area contributed by atoms with Gasteiger partial charge < -0.3 is 0 Å². The van der Waals surface area contributed by atoms with Crippen molar-refractivity contribution < 1.29 is 19.2 Å². The van der Waals surface area contributed by atoms with Gasteiger partial charge in [0.25, 0.3) is 17.7 Å². The fourth-order valence-corrected chi connectivity index (χ4v) is 5.49. The summed E-state index contributed by atoms with van der Waals surface area (Å²) < 4.78 is 0. The monoisotopic (exact) mass is 462 g/mol. The molecule has 1 saturated carbocycles. The van der Waals surface area contributed by atoms with Gasteiger partial charge in [-0.25, -0.2) is 5.01 Å². The number of carbonyl (C=O) groups is 4. The standard InChI is InChI=1S/C26H23ClN2O4/c1-14-7-8-16(11-15(14)2)21(30)13-28(24(31)19-5-3-4-6-20(19)27)29-25(32)22-17-9-10-18(12-17)23(22)26(29)33/h3-11,17-18,22-23H,12-13H2,1-2H3/t17-,18-,22-,23-/m0/s1. The first kappa shape index (κ1) is 21.6. The average molecular weight is 463 g/mol. The number of nitrogens with zero attached hydrogens (tertiary/aromatic N) is 2. The highest BCUT2D eigenvalue weighted by atomic mass is 35.5. The molecule has 2 bridgehead atoms. The number of hydrogen-bond donors (Lipinski definition) is 0. The molecule has 2 fully saturated rings. The number of halogens is 1. The van der Waals surface area contributed by atoms with Crippen molar-refractivity contribution in [3.63, 3.8) is 0 Å². The van der Waals surface area contributed by atoms with Crippen LogP contribution in [0.4, 0.5) is 0 Å². The number of aryl methyl sites for hydroxylation is 2. The van der Waals surface area contributed by atoms with Crippen LogP contribution in [0.5, 0.6) is 0 Å². The molecule has 0 spiro atoms. The van der Waals surface area contributed by atoms with E-state index in [1.54, 1.807) is 30.3 Å². The number of rotatable bonds is 5. The zero-order chi connectivity index (χ0) is 23.4. The van der Waals surface area contributed by atoms with Crippen molar-refractivity contribution in [3.8, 4) is 0 Å². The Bertz CT molecular complexity index is 1210. The Labute approximate surface area is 196 Å². The predicted octanol–water partition coefficient (Wildman–Crippen LogP) is 4.00. The molecule has 1 saturated heterocycles. The van der Waals surface area contributed by atoms with E-state index in [2.05, 4.69) is 0 Å². The second kappa shape index (κ2) is 7.96. The Morgan fingerprint density at radius 2 is 1.61 bits per heavy atom. The lowest BCUT2D eigenvalue weighted by atomic mass is 9.85. The highest BCUT2D eigenvalue weighted by molar-refractivity contribution is 6.34. The van der Waals surface area contributed by atoms with Crippen LogP contribution in [0.2, 0.25) is 5.02 Å². The molecular weight excluding hydrogens is 440 g/mol. The minimum atomic E-state index is -0.653. The lowest BCUT2D eigenvalue weighted by Crippen LogP contribution is -2.52. The maximum Gasteiger partial charge on any atom is 0.274 e. The molecular formula is C26H23ClN2O4. The molecule has 3 amide bonds. The molecule has 7 heteroatoms. The van der Waals surface area contributed by atoms with Crippen molar-refractivity contribution in [2.75, 3.05) is 6.54 Å². The smallest absolute Gasteiger partial charge is 0.274 e. The van der Waals surface area contributed by atoms with Gasteiger partial charge in [-0.15, -0.1) is 0 Å². The number of benzene rings is 2. The normalized spacial score (nSPS) is 25.0. The zero-order valence-electron chi connectivity index (χ0n) is 18.3. The molecule has 2 aromatic carbocycles. The molecule has 5 rings (SSSR count). The van der Waals surface area contributed by atoms with Crippen molar-refractivity contribution in [1.29, 1.82) is 0 Å². The first-order chi connectivity index (χ1) is 15.8. The predicted molar refractivity (Wildman–Crippen MR) is 122 cm³/mol. The van der Waals surface area contributed by atoms with Gasteiger partial charge in [0, 0.05) is 5.56 Å². The van der Waals surface area contributed by atoms with E-state index < -0.39 is 36.1 Å². The number of imide groups is 1. The average Bonchev–Trinajstić information content (AvgIpc) is 3.48. The Morgan fingerprint density at radius 3 is 2.21 bits per heavy atom. The van der Waals surface area contributed by atoms with Crippen LogP contribution in [0.3, 0.4) is 0 Å². The molecule has 4 atom stereocenters. The van der Waals surface area contributed by atoms with Crippen LogP contribution < -0.4 is 0 Å². The lowest BCUT2D eigenvalue weighted by Gasteiger charge is -2.31. The zero-order valence-corrected chi connectivity index (χ0v) is 19.1. The summed E-state index contributed by atoms with van der Waals surface area (Å²) in [6.07, 6.45) is 4.75. The van der Waals surface area contributed by atoms with Gasteiger partial charge >= 0.3 is 0 Å². The van der Waals surface area contributed by atoms with Crippen LogP contribution in [-0.2, 0) is 9.59 Å². The van der Waals surface area contributed by atoms with Gasteiger partial charge in [-0.2, -0.15) is 5.01 Å². The summed E-state index contributed by atoms with van der Waals surface area (Å²) in [5.74, 6) is -2.83. The summed E-state index contributed by atoms with van der Waals surface area (Å²) in [6.45, 7) is 3.40. The highest BCUT2D eigenvalue weighted by Gasteiger charge is 2.61. The van der Waals surface area contributed by atoms with E-state index in [1.807, 2.05) is 32.1 Å². The van der Waals surface area contributed by atoms with Gasteiger partial charge in [0.15, 0.2) is 5.78 Å². The van der Waals surface area contributed by atoms with Crippen molar-refractivity contribution in [3.05, 3.63) is 81.9 Å². The Balaban J connectivity index is 1.52. The van der Waals surface area contributed by atoms with Gasteiger partial charge in [0.05, 0.1) is 22.4 Å². The Morgan fingerprint density at radius 1 is 0.970 bits per heavy atom. The SMILES string of the molecule is Cc1ccc(C(=O)CN(C(=O)c2ccccc2Cl)N2C(=O)[C@@H]3[C@@H](C2=O)[C@H]2C=C[C@H]3C2)cc1C. The summed E-state index contributed by atoms with van der Waals surface area (Å²) in [4.78, 5) is 53.6. The maximum atomic E-state index is 13.6. The molecule has 0 unspecified atom stereocenters. The van der Waals surface area contributed by atoms with E-state index in [-0.39, 0.29) is 28.2 Å². The highest BCUT2D eigenvalue weighted by Crippen LogP contribution is 2.52. The van der Waals surface area contributed by atoms with Crippen molar-refractivity contribution in [2.45, 2.75) is 20.3 Å². The number of allylic oxidation sites excluding steroid dienone is 2. The molecule has 2 aromatic rings. The largest absolute Gasteiger partial charge is 0.292 e. The number of fused-ring (bicyclic) bond motifs is 5. The lowest BCUT2D eigenvalue weighted by molar-refractivity contribution is -0.154. The second-order valence-corrected chi connectivity index (χ2v) is 9.46. The van der Waals surface area contributed by atoms with Crippen LogP contribution >= 0.6 is 11.6 Å². The Kier molecular flexibility index (Phi) is 5.20. The number of hydrogen-bond acceptors (Lipinski definition) is 4. The van der Waals surface area contributed by atoms with E-state index in [4.69, 9.17) is 11.6 Å². The fourth-order valence-electron chi connectivity index (χ4n) is 5.27. The fraction of sp³-hybridized carbons (Fsp3) is 0.308. The quantitative estimate of drug-likeness (QED) is 0.382. The van der Waals surface area contributed by atoms with Gasteiger partial charge in [-0.3, -0.25) is 19.2 Å². The minimum absolute atomic E-state index is 0.00540. The van der Waals surface area contributed by atoms with Crippen LogP contribution in [0, 0.1) is 37.5 Å². The van der Waals surface area contributed by atoms with Gasteiger partial charge in [-0.1, -0.05) is 48.0 Å². The number of hydrazine groups is 1. The number of Topliss-reactive ketones (excluding diaryl/α,β-unsaturated/α-hetero) is 1. The topological polar surface area (TPSA) is 74.8 Å². The molecule has 2 aliphatic carbocycles. The second-order valence-electron chi connectivity index (χ2n) is 9.05. The number of amides is 3. The summed E-state index contributed by atoms with van der Waals surface area (Å²) in [5, 5.41) is 2.08. The molecule has 0 radical (unpaired) electrons.